The summed E-state index contributed by atoms with van der Waals surface area (Å²) < 4.78 is 1.49. The summed E-state index contributed by atoms with van der Waals surface area (Å²) in [6.45, 7) is 0. The number of nitrogens with two attached hydrogens (primary N) is 1. The van der Waals surface area contributed by atoms with Gasteiger partial charge in [-0.3, -0.25) is 0 Å². The Bertz CT molecular complexity index is 237. The Kier molecular flexibility index (Phi) is 2.40. The van der Waals surface area contributed by atoms with Gasteiger partial charge < -0.3 is 10.8 Å². The molecule has 0 aliphatic rings. The van der Waals surface area contributed by atoms with Crippen LogP contribution in [0.25, 0.3) is 0 Å². The highest BCUT2D eigenvalue weighted by Crippen LogP contribution is 2.32. The number of phenols is 1. The van der Waals surface area contributed by atoms with Crippen molar-refractivity contribution in [2.45, 2.75) is 0 Å². The van der Waals surface area contributed by atoms with E-state index in [1.54, 1.807) is 12.1 Å². The molecule has 0 spiro atoms. The lowest BCUT2D eigenvalue weighted by atomic mass is 10.3. The molecule has 0 saturated heterocycles. The SMILES string of the molecule is Nc1c(Br)ccc(I)c1O. The predicted molar refractivity (Wildman–Crippen MR) is 52.9 cm³/mol. The molecule has 0 bridgehead atoms. The van der Waals surface area contributed by atoms with Crippen LogP contribution in [0.5, 0.6) is 5.75 Å². The van der Waals surface area contributed by atoms with Gasteiger partial charge in [-0.15, -0.1) is 0 Å². The first kappa shape index (κ1) is 8.13. The van der Waals surface area contributed by atoms with E-state index in [1.165, 1.54) is 0 Å². The molecule has 0 aliphatic heterocycles. The molecule has 0 atom stereocenters. The maximum absolute atomic E-state index is 9.22. The number of anilines is 1. The van der Waals surface area contributed by atoms with Gasteiger partial charge >= 0.3 is 0 Å². The van der Waals surface area contributed by atoms with Crippen LogP contribution in [-0.2, 0) is 0 Å². The molecule has 1 rings (SSSR count). The fourth-order valence-corrected chi connectivity index (χ4v) is 1.35. The third-order valence-electron chi connectivity index (χ3n) is 1.11. The third kappa shape index (κ3) is 1.37. The average molecular weight is 314 g/mol. The number of rotatable bonds is 0. The number of halogens is 2. The van der Waals surface area contributed by atoms with Crippen molar-refractivity contribution >= 4 is 44.2 Å². The summed E-state index contributed by atoms with van der Waals surface area (Å²) in [5.74, 6) is 0.148. The Morgan fingerprint density at radius 1 is 1.50 bits per heavy atom. The third-order valence-corrected chi connectivity index (χ3v) is 2.68. The maximum Gasteiger partial charge on any atom is 0.152 e. The number of hydrogen-bond donors (Lipinski definition) is 2. The van der Waals surface area contributed by atoms with Crippen LogP contribution in [0.4, 0.5) is 5.69 Å². The van der Waals surface area contributed by atoms with Crippen LogP contribution in [-0.4, -0.2) is 5.11 Å². The zero-order valence-corrected chi connectivity index (χ0v) is 8.68. The standard InChI is InChI=1S/C6H5BrINO/c7-3-1-2-4(8)6(10)5(3)9/h1-2,10H,9H2. The van der Waals surface area contributed by atoms with Gasteiger partial charge in [0.15, 0.2) is 5.75 Å². The predicted octanol–water partition coefficient (Wildman–Crippen LogP) is 2.34. The van der Waals surface area contributed by atoms with E-state index in [1.807, 2.05) is 22.6 Å². The zero-order chi connectivity index (χ0) is 7.72. The summed E-state index contributed by atoms with van der Waals surface area (Å²) in [4.78, 5) is 0. The molecule has 0 fully saturated rings. The molecule has 3 N–H and O–H groups in total. The molecule has 0 unspecified atom stereocenters. The van der Waals surface area contributed by atoms with Crippen molar-refractivity contribution < 1.29 is 5.11 Å². The number of aromatic hydroxyl groups is 1. The molecule has 1 aromatic rings. The minimum absolute atomic E-state index is 0.148. The van der Waals surface area contributed by atoms with Crippen LogP contribution in [0.15, 0.2) is 16.6 Å². The van der Waals surface area contributed by atoms with Crippen molar-refractivity contribution in [3.05, 3.63) is 20.2 Å². The number of benzene rings is 1. The number of nitrogen functional groups attached to an aromatic ring is 1. The molecule has 1 aromatic carbocycles. The second-order valence-corrected chi connectivity index (χ2v) is 3.81. The topological polar surface area (TPSA) is 46.2 Å². The first-order valence-electron chi connectivity index (χ1n) is 2.55. The molecule has 10 heavy (non-hydrogen) atoms. The second kappa shape index (κ2) is 2.96. The van der Waals surface area contributed by atoms with Crippen molar-refractivity contribution in [3.8, 4) is 5.75 Å². The molecule has 0 saturated carbocycles. The minimum atomic E-state index is 0.148. The lowest BCUT2D eigenvalue weighted by molar-refractivity contribution is 0.474. The van der Waals surface area contributed by atoms with Gasteiger partial charge in [-0.1, -0.05) is 0 Å². The van der Waals surface area contributed by atoms with E-state index in [0.29, 0.717) is 5.69 Å². The van der Waals surface area contributed by atoms with Crippen molar-refractivity contribution in [2.24, 2.45) is 0 Å². The molecule has 0 radical (unpaired) electrons. The summed E-state index contributed by atoms with van der Waals surface area (Å²) in [5, 5.41) is 9.22. The Morgan fingerprint density at radius 3 is 2.60 bits per heavy atom. The highest BCUT2D eigenvalue weighted by atomic mass is 127. The molecule has 4 heteroatoms. The highest BCUT2D eigenvalue weighted by Gasteiger charge is 2.04. The molecule has 2 nitrogen and oxygen atoms in total. The number of phenolic OH excluding ortho intramolecular Hbond substituents is 1. The van der Waals surface area contributed by atoms with Crippen LogP contribution >= 0.6 is 38.5 Å². The van der Waals surface area contributed by atoms with Crippen molar-refractivity contribution in [2.75, 3.05) is 5.73 Å². The fourth-order valence-electron chi connectivity index (χ4n) is 0.557. The largest absolute Gasteiger partial charge is 0.505 e. The van der Waals surface area contributed by atoms with Gasteiger partial charge in [0.25, 0.3) is 0 Å². The van der Waals surface area contributed by atoms with Crippen LogP contribution in [0.3, 0.4) is 0 Å². The van der Waals surface area contributed by atoms with Crippen LogP contribution in [0.2, 0.25) is 0 Å². The van der Waals surface area contributed by atoms with Crippen LogP contribution < -0.4 is 5.73 Å². The molecule has 0 amide bonds. The van der Waals surface area contributed by atoms with Gasteiger partial charge in [0.2, 0.25) is 0 Å². The van der Waals surface area contributed by atoms with Crippen LogP contribution in [0, 0.1) is 3.57 Å². The first-order valence-corrected chi connectivity index (χ1v) is 4.42. The summed E-state index contributed by atoms with van der Waals surface area (Å²) in [6.07, 6.45) is 0. The normalized spacial score (nSPS) is 9.80. The van der Waals surface area contributed by atoms with Gasteiger partial charge in [-0.25, -0.2) is 0 Å². The van der Waals surface area contributed by atoms with Gasteiger partial charge in [-0.05, 0) is 50.7 Å². The molecule has 0 aromatic heterocycles. The first-order chi connectivity index (χ1) is 4.63. The van der Waals surface area contributed by atoms with E-state index in [4.69, 9.17) is 5.73 Å². The van der Waals surface area contributed by atoms with Gasteiger partial charge in [0, 0.05) is 4.47 Å². The highest BCUT2D eigenvalue weighted by molar-refractivity contribution is 14.1. The van der Waals surface area contributed by atoms with Crippen molar-refractivity contribution in [1.29, 1.82) is 0 Å². The fraction of sp³-hybridized carbons (Fsp3) is 0. The van der Waals surface area contributed by atoms with Crippen LogP contribution in [0.1, 0.15) is 0 Å². The minimum Gasteiger partial charge on any atom is -0.505 e. The van der Waals surface area contributed by atoms with E-state index in [-0.39, 0.29) is 5.75 Å². The Balaban J connectivity index is 3.34. The average Bonchev–Trinajstić information content (AvgIpc) is 1.93. The van der Waals surface area contributed by atoms with Crippen molar-refractivity contribution in [3.63, 3.8) is 0 Å². The Hall–Kier alpha value is 0.0300. The molecule has 0 aliphatic carbocycles. The lowest BCUT2D eigenvalue weighted by Crippen LogP contribution is -1.88. The van der Waals surface area contributed by atoms with E-state index in [9.17, 15) is 5.11 Å². The van der Waals surface area contributed by atoms with E-state index >= 15 is 0 Å². The Morgan fingerprint density at radius 2 is 2.10 bits per heavy atom. The van der Waals surface area contributed by atoms with E-state index < -0.39 is 0 Å². The second-order valence-electron chi connectivity index (χ2n) is 1.79. The van der Waals surface area contributed by atoms with Gasteiger partial charge in [0.1, 0.15) is 0 Å². The van der Waals surface area contributed by atoms with E-state index in [2.05, 4.69) is 15.9 Å². The number of hydrogen-bond acceptors (Lipinski definition) is 2. The maximum atomic E-state index is 9.22. The molecule has 0 heterocycles. The quantitative estimate of drug-likeness (QED) is 0.439. The van der Waals surface area contributed by atoms with Gasteiger partial charge in [0.05, 0.1) is 9.26 Å². The Labute approximate surface area is 80.7 Å². The summed E-state index contributed by atoms with van der Waals surface area (Å²) in [5.41, 5.74) is 5.88. The molecular formula is C6H5BrINO. The van der Waals surface area contributed by atoms with Crippen molar-refractivity contribution in [1.82, 2.24) is 0 Å². The summed E-state index contributed by atoms with van der Waals surface area (Å²) in [7, 11) is 0. The molecule has 54 valence electrons. The van der Waals surface area contributed by atoms with E-state index in [0.717, 1.165) is 8.04 Å². The lowest BCUT2D eigenvalue weighted by Gasteiger charge is -2.01. The zero-order valence-electron chi connectivity index (χ0n) is 4.94. The molecular weight excluding hydrogens is 309 g/mol. The smallest absolute Gasteiger partial charge is 0.152 e. The van der Waals surface area contributed by atoms with Gasteiger partial charge in [-0.2, -0.15) is 0 Å². The monoisotopic (exact) mass is 313 g/mol. The summed E-state index contributed by atoms with van der Waals surface area (Å²) in [6, 6.07) is 3.59. The summed E-state index contributed by atoms with van der Waals surface area (Å²) >= 11 is 5.21.